The van der Waals surface area contributed by atoms with Gasteiger partial charge in [-0.15, -0.1) is 16.4 Å². The first-order valence-corrected chi connectivity index (χ1v) is 9.51. The zero-order chi connectivity index (χ0) is 19.3. The molecule has 0 aliphatic carbocycles. The summed E-state index contributed by atoms with van der Waals surface area (Å²) in [4.78, 5) is 0.708. The molecule has 6 heteroatoms. The summed E-state index contributed by atoms with van der Waals surface area (Å²) in [6.45, 7) is 0. The Morgan fingerprint density at radius 2 is 1.57 bits per heavy atom. The van der Waals surface area contributed by atoms with E-state index in [9.17, 15) is 10.2 Å². The molecule has 0 amide bonds. The van der Waals surface area contributed by atoms with Gasteiger partial charge in [0.15, 0.2) is 0 Å². The van der Waals surface area contributed by atoms with Crippen LogP contribution in [0.1, 0.15) is 5.56 Å². The van der Waals surface area contributed by atoms with Crippen molar-refractivity contribution in [3.8, 4) is 28.4 Å². The van der Waals surface area contributed by atoms with Crippen LogP contribution in [0.3, 0.4) is 0 Å². The van der Waals surface area contributed by atoms with Gasteiger partial charge in [-0.1, -0.05) is 48.5 Å². The third-order valence-corrected chi connectivity index (χ3v) is 4.96. The number of phenolic OH excluding ortho intramolecular Hbond substituents is 2. The number of hydrogen-bond donors (Lipinski definition) is 2. The predicted molar refractivity (Wildman–Crippen MR) is 112 cm³/mol. The first-order valence-electron chi connectivity index (χ1n) is 8.63. The lowest BCUT2D eigenvalue weighted by Crippen LogP contribution is -2.13. The quantitative estimate of drug-likeness (QED) is 0.398. The van der Waals surface area contributed by atoms with Crippen molar-refractivity contribution in [1.82, 2.24) is 4.57 Å². The number of para-hydroxylation sites is 1. The number of nitrogens with zero attached hydrogens (tertiary/aromatic N) is 3. The minimum atomic E-state index is -0.0500. The van der Waals surface area contributed by atoms with Gasteiger partial charge in [-0.05, 0) is 29.8 Å². The molecule has 2 N–H and O–H groups in total. The minimum Gasteiger partial charge on any atom is -0.508 e. The first kappa shape index (κ1) is 17.8. The lowest BCUT2D eigenvalue weighted by molar-refractivity contribution is 0.450. The van der Waals surface area contributed by atoms with E-state index >= 15 is 0 Å². The topological polar surface area (TPSA) is 70.1 Å². The van der Waals surface area contributed by atoms with Gasteiger partial charge in [-0.3, -0.25) is 4.57 Å². The average molecular weight is 387 g/mol. The van der Waals surface area contributed by atoms with E-state index in [1.165, 1.54) is 29.7 Å². The van der Waals surface area contributed by atoms with E-state index in [0.717, 1.165) is 16.9 Å². The minimum absolute atomic E-state index is 0.000678. The number of thiazole rings is 1. The second kappa shape index (κ2) is 7.94. The summed E-state index contributed by atoms with van der Waals surface area (Å²) in [6.07, 6.45) is 1.46. The first-order chi connectivity index (χ1) is 13.7. The van der Waals surface area contributed by atoms with Gasteiger partial charge in [0.25, 0.3) is 0 Å². The van der Waals surface area contributed by atoms with Gasteiger partial charge in [0.05, 0.1) is 11.9 Å². The molecule has 0 fully saturated rings. The summed E-state index contributed by atoms with van der Waals surface area (Å²) < 4.78 is 2.05. The van der Waals surface area contributed by atoms with E-state index in [0.29, 0.717) is 10.4 Å². The molecular weight excluding hydrogens is 370 g/mol. The highest BCUT2D eigenvalue weighted by molar-refractivity contribution is 7.07. The van der Waals surface area contributed by atoms with Crippen LogP contribution in [0, 0.1) is 0 Å². The van der Waals surface area contributed by atoms with E-state index in [2.05, 4.69) is 27.7 Å². The zero-order valence-electron chi connectivity index (χ0n) is 14.8. The molecule has 4 aromatic rings. The molecule has 5 nitrogen and oxygen atoms in total. The van der Waals surface area contributed by atoms with Crippen LogP contribution < -0.4 is 4.80 Å². The molecule has 0 unspecified atom stereocenters. The lowest BCUT2D eigenvalue weighted by atomic mass is 10.1. The van der Waals surface area contributed by atoms with E-state index in [4.69, 9.17) is 0 Å². The molecule has 0 atom stereocenters. The Labute approximate surface area is 165 Å². The van der Waals surface area contributed by atoms with Crippen molar-refractivity contribution in [2.24, 2.45) is 10.2 Å². The fourth-order valence-corrected chi connectivity index (χ4v) is 3.66. The van der Waals surface area contributed by atoms with E-state index in [1.54, 1.807) is 6.07 Å². The zero-order valence-corrected chi connectivity index (χ0v) is 15.6. The molecule has 138 valence electrons. The van der Waals surface area contributed by atoms with Crippen molar-refractivity contribution in [3.05, 3.63) is 94.6 Å². The maximum absolute atomic E-state index is 9.88. The molecule has 0 saturated heterocycles. The van der Waals surface area contributed by atoms with Crippen LogP contribution >= 0.6 is 11.3 Å². The van der Waals surface area contributed by atoms with Crippen LogP contribution in [0.2, 0.25) is 0 Å². The van der Waals surface area contributed by atoms with Crippen LogP contribution in [0.25, 0.3) is 16.9 Å². The van der Waals surface area contributed by atoms with Crippen LogP contribution in [-0.4, -0.2) is 21.0 Å². The Morgan fingerprint density at radius 3 is 2.29 bits per heavy atom. The molecule has 3 aromatic carbocycles. The second-order valence-corrected chi connectivity index (χ2v) is 6.86. The molecule has 0 bridgehead atoms. The van der Waals surface area contributed by atoms with E-state index < -0.39 is 0 Å². The Balaban J connectivity index is 1.80. The highest BCUT2D eigenvalue weighted by Crippen LogP contribution is 2.23. The van der Waals surface area contributed by atoms with Crippen LogP contribution in [0.15, 0.2) is 94.4 Å². The van der Waals surface area contributed by atoms with Gasteiger partial charge in [-0.2, -0.15) is 5.10 Å². The molecule has 0 aliphatic heterocycles. The van der Waals surface area contributed by atoms with Gasteiger partial charge < -0.3 is 10.2 Å². The Morgan fingerprint density at radius 1 is 0.857 bits per heavy atom. The number of aromatic hydroxyl groups is 2. The number of rotatable bonds is 4. The fraction of sp³-hybridized carbons (Fsp3) is 0. The second-order valence-electron chi connectivity index (χ2n) is 6.03. The summed E-state index contributed by atoms with van der Waals surface area (Å²) in [6, 6.07) is 24.4. The van der Waals surface area contributed by atoms with Crippen molar-refractivity contribution in [3.63, 3.8) is 0 Å². The van der Waals surface area contributed by atoms with Gasteiger partial charge >= 0.3 is 0 Å². The fourth-order valence-electron chi connectivity index (χ4n) is 2.80. The standard InChI is InChI=1S/C22H17N3O2S/c26-19-12-11-17(21(27)13-19)14-23-24-22-25(18-9-5-2-6-10-18)20(15-28-22)16-7-3-1-4-8-16/h1-15,26-27H. The largest absolute Gasteiger partial charge is 0.508 e. The summed E-state index contributed by atoms with van der Waals surface area (Å²) in [5, 5.41) is 29.8. The Hall–Kier alpha value is -3.64. The summed E-state index contributed by atoms with van der Waals surface area (Å²) in [5.41, 5.74) is 3.58. The predicted octanol–water partition coefficient (Wildman–Crippen LogP) is 4.55. The molecule has 0 saturated carbocycles. The van der Waals surface area contributed by atoms with Crippen molar-refractivity contribution in [2.45, 2.75) is 0 Å². The van der Waals surface area contributed by atoms with Gasteiger partial charge in [0, 0.05) is 22.7 Å². The molecule has 0 radical (unpaired) electrons. The third kappa shape index (κ3) is 3.72. The molecular formula is C22H17N3O2S. The maximum Gasteiger partial charge on any atom is 0.215 e. The van der Waals surface area contributed by atoms with E-state index in [1.807, 2.05) is 53.1 Å². The number of aromatic nitrogens is 1. The maximum atomic E-state index is 9.88. The van der Waals surface area contributed by atoms with Crippen LogP contribution in [0.4, 0.5) is 0 Å². The number of benzene rings is 3. The van der Waals surface area contributed by atoms with Gasteiger partial charge in [0.2, 0.25) is 4.80 Å². The SMILES string of the molecule is Oc1ccc(C=NN=c2scc(-c3ccccc3)n2-c2ccccc2)c(O)c1. The normalized spacial score (nSPS) is 11.9. The smallest absolute Gasteiger partial charge is 0.215 e. The lowest BCUT2D eigenvalue weighted by Gasteiger charge is -2.08. The van der Waals surface area contributed by atoms with Crippen molar-refractivity contribution >= 4 is 17.6 Å². The third-order valence-electron chi connectivity index (χ3n) is 4.15. The summed E-state index contributed by atoms with van der Waals surface area (Å²) in [5.74, 6) is -0.0506. The summed E-state index contributed by atoms with van der Waals surface area (Å²) >= 11 is 1.49. The van der Waals surface area contributed by atoms with Gasteiger partial charge in [-0.25, -0.2) is 0 Å². The van der Waals surface area contributed by atoms with Crippen molar-refractivity contribution < 1.29 is 10.2 Å². The van der Waals surface area contributed by atoms with Crippen LogP contribution in [0.5, 0.6) is 11.5 Å². The van der Waals surface area contributed by atoms with Crippen molar-refractivity contribution in [1.29, 1.82) is 0 Å². The number of hydrogen-bond acceptors (Lipinski definition) is 5. The van der Waals surface area contributed by atoms with Crippen LogP contribution in [-0.2, 0) is 0 Å². The summed E-state index contributed by atoms with van der Waals surface area (Å²) in [7, 11) is 0. The van der Waals surface area contributed by atoms with E-state index in [-0.39, 0.29) is 11.5 Å². The molecule has 4 rings (SSSR count). The Kier molecular flexibility index (Phi) is 5.03. The molecule has 1 heterocycles. The van der Waals surface area contributed by atoms with Gasteiger partial charge in [0.1, 0.15) is 11.5 Å². The Bertz CT molecular complexity index is 1180. The number of phenols is 2. The molecule has 0 aliphatic rings. The highest BCUT2D eigenvalue weighted by Gasteiger charge is 2.09. The monoisotopic (exact) mass is 387 g/mol. The molecule has 1 aromatic heterocycles. The highest BCUT2D eigenvalue weighted by atomic mass is 32.1. The average Bonchev–Trinajstić information content (AvgIpc) is 3.15. The van der Waals surface area contributed by atoms with Crippen molar-refractivity contribution in [2.75, 3.05) is 0 Å². The molecule has 0 spiro atoms. The molecule has 28 heavy (non-hydrogen) atoms.